The Kier molecular flexibility index (Phi) is 6.85. The maximum Gasteiger partial charge on any atom is -1.00 e. The molecule has 2 aliphatic rings. The fourth-order valence-electron chi connectivity index (χ4n) is 7.71. The van der Waals surface area contributed by atoms with Crippen LogP contribution in [0.1, 0.15) is 43.4 Å². The summed E-state index contributed by atoms with van der Waals surface area (Å²) in [5, 5.41) is 2.88. The summed E-state index contributed by atoms with van der Waals surface area (Å²) in [6.07, 6.45) is 0. The Bertz CT molecular complexity index is 1850. The average molecular weight is 641 g/mol. The summed E-state index contributed by atoms with van der Waals surface area (Å²) in [6, 6.07) is 36.7. The van der Waals surface area contributed by atoms with E-state index in [0.717, 1.165) is 0 Å². The second kappa shape index (κ2) is 9.98. The summed E-state index contributed by atoms with van der Waals surface area (Å²) in [5.41, 5.74) is 14.8. The first-order chi connectivity index (χ1) is 18.6. The third-order valence-corrected chi connectivity index (χ3v) is 18.0. The van der Waals surface area contributed by atoms with Gasteiger partial charge in [-0.1, -0.05) is 0 Å². The van der Waals surface area contributed by atoms with E-state index in [1.165, 1.54) is 44.3 Å². The van der Waals surface area contributed by atoms with Crippen LogP contribution >= 0.6 is 0 Å². The van der Waals surface area contributed by atoms with Gasteiger partial charge in [0.25, 0.3) is 0 Å². The molecule has 0 radical (unpaired) electrons. The third kappa shape index (κ3) is 3.47. The van der Waals surface area contributed by atoms with Crippen molar-refractivity contribution in [1.29, 1.82) is 0 Å². The zero-order chi connectivity index (χ0) is 25.7. The van der Waals surface area contributed by atoms with Crippen molar-refractivity contribution in [3.63, 3.8) is 0 Å². The largest absolute Gasteiger partial charge is 1.00 e. The van der Waals surface area contributed by atoms with Crippen LogP contribution in [0.2, 0.25) is 0 Å². The van der Waals surface area contributed by atoms with Crippen molar-refractivity contribution in [2.75, 3.05) is 0 Å². The fraction of sp³-hybridized carbons (Fsp3) is 0.171. The van der Waals surface area contributed by atoms with Gasteiger partial charge in [0.15, 0.2) is 0 Å². The Morgan fingerprint density at radius 2 is 0.925 bits per heavy atom. The van der Waals surface area contributed by atoms with Crippen molar-refractivity contribution < 1.29 is 46.1 Å². The van der Waals surface area contributed by atoms with Crippen molar-refractivity contribution in [3.8, 4) is 22.5 Å². The quantitative estimate of drug-likeness (QED) is 0.275. The number of hydrogen-bond donors (Lipinski definition) is 0. The minimum absolute atomic E-state index is 0. The van der Waals surface area contributed by atoms with Crippen LogP contribution < -0.4 is 24.8 Å². The Labute approximate surface area is 255 Å². The molecule has 4 aromatic carbocycles. The van der Waals surface area contributed by atoms with Crippen molar-refractivity contribution in [2.45, 2.75) is 21.1 Å². The molecule has 0 fully saturated rings. The average Bonchev–Trinajstić information content (AvgIpc) is 3.63. The van der Waals surface area contributed by atoms with Gasteiger partial charge in [0, 0.05) is 0 Å². The molecule has 0 saturated carbocycles. The molecule has 5 heteroatoms. The first-order valence-electron chi connectivity index (χ1n) is 13.6. The molecule has 0 spiro atoms. The minimum Gasteiger partial charge on any atom is -1.00 e. The Hall–Kier alpha value is -2.71. The van der Waals surface area contributed by atoms with E-state index in [0.29, 0.717) is 7.25 Å². The number of aryl methyl sites for hydroxylation is 2. The van der Waals surface area contributed by atoms with Crippen molar-refractivity contribution in [3.05, 3.63) is 119 Å². The second-order valence-corrected chi connectivity index (χ2v) is 18.7. The second-order valence-electron chi connectivity index (χ2n) is 11.2. The molecule has 2 atom stereocenters. The molecular formula is C35H30Cl2N2Zr. The molecule has 8 rings (SSSR count). The van der Waals surface area contributed by atoms with Gasteiger partial charge in [-0.05, 0) is 0 Å². The number of para-hydroxylation sites is 2. The molecule has 198 valence electrons. The number of rotatable bonds is 2. The predicted octanol–water partition coefficient (Wildman–Crippen LogP) is 2.35. The van der Waals surface area contributed by atoms with Crippen molar-refractivity contribution in [2.24, 2.45) is 14.1 Å². The van der Waals surface area contributed by atoms with E-state index >= 15 is 0 Å². The van der Waals surface area contributed by atoms with Crippen LogP contribution in [0.3, 0.4) is 0 Å². The molecule has 2 unspecified atom stereocenters. The zero-order valence-electron chi connectivity index (χ0n) is 23.0. The number of hydrogen-bond acceptors (Lipinski definition) is 0. The van der Waals surface area contributed by atoms with Crippen molar-refractivity contribution >= 4 is 25.0 Å². The van der Waals surface area contributed by atoms with E-state index in [-0.39, 0.29) is 24.8 Å². The summed E-state index contributed by atoms with van der Waals surface area (Å²) in [4.78, 5) is 0. The third-order valence-electron chi connectivity index (χ3n) is 9.12. The van der Waals surface area contributed by atoms with Gasteiger partial charge in [-0.15, -0.1) is 0 Å². The summed E-state index contributed by atoms with van der Waals surface area (Å²) in [5.74, 6) is 0. The van der Waals surface area contributed by atoms with Crippen LogP contribution in [-0.2, 0) is 35.4 Å². The van der Waals surface area contributed by atoms with E-state index in [1.54, 1.807) is 25.5 Å². The van der Waals surface area contributed by atoms with Crippen LogP contribution in [0.15, 0.2) is 97.1 Å². The van der Waals surface area contributed by atoms with Gasteiger partial charge in [0.05, 0.1) is 0 Å². The molecule has 2 nitrogen and oxygen atoms in total. The van der Waals surface area contributed by atoms with Crippen LogP contribution in [-0.4, -0.2) is 12.3 Å². The van der Waals surface area contributed by atoms with Gasteiger partial charge >= 0.3 is 232 Å². The number of aromatic nitrogens is 2. The summed E-state index contributed by atoms with van der Waals surface area (Å²) in [6.45, 7) is 4.90. The van der Waals surface area contributed by atoms with Crippen LogP contribution in [0.5, 0.6) is 0 Å². The fourth-order valence-corrected chi connectivity index (χ4v) is 17.2. The number of halogens is 2. The van der Waals surface area contributed by atoms with Crippen LogP contribution in [0.25, 0.3) is 44.3 Å². The summed E-state index contributed by atoms with van der Waals surface area (Å²) < 4.78 is 7.58. The maximum absolute atomic E-state index is 2.49. The molecule has 0 amide bonds. The van der Waals surface area contributed by atoms with E-state index < -0.39 is 21.3 Å². The summed E-state index contributed by atoms with van der Waals surface area (Å²) >= 11 is -2.49. The normalized spacial score (nSPS) is 15.9. The molecular weight excluding hydrogens is 611 g/mol. The molecule has 2 heterocycles. The van der Waals surface area contributed by atoms with Gasteiger partial charge < -0.3 is 24.8 Å². The minimum atomic E-state index is -2.49. The topological polar surface area (TPSA) is 9.86 Å². The van der Waals surface area contributed by atoms with E-state index in [2.05, 4.69) is 134 Å². The molecule has 0 N–H and O–H groups in total. The molecule has 2 aromatic heterocycles. The van der Waals surface area contributed by atoms with Gasteiger partial charge in [-0.2, -0.15) is 0 Å². The molecule has 0 aliphatic heterocycles. The predicted molar refractivity (Wildman–Crippen MR) is 157 cm³/mol. The van der Waals surface area contributed by atoms with E-state index in [9.17, 15) is 0 Å². The maximum atomic E-state index is 2.46. The number of fused-ring (bicyclic) bond motifs is 10. The number of nitrogens with zero attached hydrogens (tertiary/aromatic N) is 2. The summed E-state index contributed by atoms with van der Waals surface area (Å²) in [7, 11) is 4.53. The van der Waals surface area contributed by atoms with Gasteiger partial charge in [-0.3, -0.25) is 0 Å². The molecule has 40 heavy (non-hydrogen) atoms. The number of benzene rings is 4. The Morgan fingerprint density at radius 1 is 0.550 bits per heavy atom. The van der Waals surface area contributed by atoms with E-state index in [4.69, 9.17) is 0 Å². The van der Waals surface area contributed by atoms with Gasteiger partial charge in [-0.25, -0.2) is 0 Å². The van der Waals surface area contributed by atoms with Gasteiger partial charge in [0.1, 0.15) is 0 Å². The van der Waals surface area contributed by atoms with Crippen LogP contribution in [0.4, 0.5) is 0 Å². The first kappa shape index (κ1) is 27.5. The SMILES string of the molecule is C[C](C)=[Zr+2]([CH]1c2ccccc2-c2c1c1ccccc1n2C)[CH]1c2ccccc2-c2c1c1ccccc1n2C.[Cl-].[Cl-]. The van der Waals surface area contributed by atoms with Crippen LogP contribution in [0, 0.1) is 0 Å². The molecule has 0 saturated heterocycles. The monoisotopic (exact) mass is 638 g/mol. The Morgan fingerprint density at radius 3 is 1.35 bits per heavy atom. The zero-order valence-corrected chi connectivity index (χ0v) is 27.0. The smallest absolute Gasteiger partial charge is 1.00 e. The van der Waals surface area contributed by atoms with Gasteiger partial charge in [0.2, 0.25) is 0 Å². The molecule has 2 aliphatic carbocycles. The van der Waals surface area contributed by atoms with Crippen molar-refractivity contribution in [1.82, 2.24) is 9.13 Å². The Balaban J connectivity index is 0.00000145. The van der Waals surface area contributed by atoms with E-state index in [1.807, 2.05) is 0 Å². The molecule has 6 aromatic rings. The first-order valence-corrected chi connectivity index (χ1v) is 17.6. The standard InChI is InChI=1S/2C16H12N.C3H6.2ClH.Zr/c2*1-17-15-9-5-4-8-13(15)14-10-11-6-2-3-7-12(11)16(14)17;1-3-2;;;/h2*2-10H,1H3;1-2H3;2*1H;/q;;;;;+2/p-2. The molecule has 0 bridgehead atoms.